The van der Waals surface area contributed by atoms with Gasteiger partial charge in [-0.15, -0.1) is 0 Å². The maximum atomic E-state index is 12.1. The van der Waals surface area contributed by atoms with Gasteiger partial charge >= 0.3 is 0 Å². The van der Waals surface area contributed by atoms with Crippen LogP contribution in [-0.2, 0) is 16.1 Å². The molecule has 0 atom stereocenters. The molecule has 1 heterocycles. The van der Waals surface area contributed by atoms with E-state index in [9.17, 15) is 14.7 Å². The SMILES string of the molecule is CN1CC(C(=O)NCc2ccc(Oc3ccc(Cl)c(Cl)c3)cc2)=C(O)C1=O. The van der Waals surface area contributed by atoms with E-state index < -0.39 is 17.6 Å². The summed E-state index contributed by atoms with van der Waals surface area (Å²) < 4.78 is 5.70. The van der Waals surface area contributed by atoms with E-state index in [-0.39, 0.29) is 18.7 Å². The molecule has 1 aliphatic rings. The van der Waals surface area contributed by atoms with E-state index in [1.54, 1.807) is 42.5 Å². The lowest BCUT2D eigenvalue weighted by atomic mass is 10.2. The topological polar surface area (TPSA) is 78.9 Å². The average Bonchev–Trinajstić information content (AvgIpc) is 2.91. The number of halogens is 2. The Kier molecular flexibility index (Phi) is 5.58. The second-order valence-electron chi connectivity index (χ2n) is 5.99. The number of rotatable bonds is 5. The predicted octanol–water partition coefficient (Wildman–Crippen LogP) is 3.69. The first-order valence-electron chi connectivity index (χ1n) is 8.03. The van der Waals surface area contributed by atoms with Gasteiger partial charge in [-0.05, 0) is 29.8 Å². The monoisotopic (exact) mass is 406 g/mol. The first-order valence-corrected chi connectivity index (χ1v) is 8.78. The molecule has 0 bridgehead atoms. The summed E-state index contributed by atoms with van der Waals surface area (Å²) in [5, 5.41) is 13.2. The van der Waals surface area contributed by atoms with Gasteiger partial charge in [-0.25, -0.2) is 0 Å². The predicted molar refractivity (Wildman–Crippen MR) is 102 cm³/mol. The summed E-state index contributed by atoms with van der Waals surface area (Å²) in [7, 11) is 1.52. The molecule has 0 aliphatic carbocycles. The second kappa shape index (κ2) is 7.90. The molecule has 0 saturated carbocycles. The molecule has 8 heteroatoms. The Morgan fingerprint density at radius 2 is 1.81 bits per heavy atom. The molecule has 27 heavy (non-hydrogen) atoms. The van der Waals surface area contributed by atoms with Crippen molar-refractivity contribution in [3.63, 3.8) is 0 Å². The fourth-order valence-corrected chi connectivity index (χ4v) is 2.80. The van der Waals surface area contributed by atoms with Crippen molar-refractivity contribution in [2.45, 2.75) is 6.54 Å². The number of aliphatic hydroxyl groups excluding tert-OH is 1. The number of hydrogen-bond acceptors (Lipinski definition) is 4. The minimum atomic E-state index is -0.552. The number of likely N-dealkylation sites (N-methyl/N-ethyl adjacent to an activating group) is 1. The molecular weight excluding hydrogens is 391 g/mol. The van der Waals surface area contributed by atoms with Crippen LogP contribution in [0.3, 0.4) is 0 Å². The molecule has 3 rings (SSSR count). The Morgan fingerprint density at radius 1 is 1.15 bits per heavy atom. The maximum absolute atomic E-state index is 12.1. The summed E-state index contributed by atoms with van der Waals surface area (Å²) >= 11 is 11.8. The van der Waals surface area contributed by atoms with Crippen molar-refractivity contribution in [1.82, 2.24) is 10.2 Å². The number of carbonyl (C=O) groups excluding carboxylic acids is 2. The van der Waals surface area contributed by atoms with Crippen molar-refractivity contribution in [3.05, 3.63) is 69.4 Å². The summed E-state index contributed by atoms with van der Waals surface area (Å²) in [6.45, 7) is 0.341. The van der Waals surface area contributed by atoms with E-state index in [1.165, 1.54) is 11.9 Å². The van der Waals surface area contributed by atoms with Crippen LogP contribution in [0.5, 0.6) is 11.5 Å². The summed E-state index contributed by atoms with van der Waals surface area (Å²) in [6, 6.07) is 12.1. The smallest absolute Gasteiger partial charge is 0.289 e. The average molecular weight is 407 g/mol. The Morgan fingerprint density at radius 3 is 2.41 bits per heavy atom. The highest BCUT2D eigenvalue weighted by Gasteiger charge is 2.31. The molecule has 1 aliphatic heterocycles. The van der Waals surface area contributed by atoms with Crippen LogP contribution in [0.25, 0.3) is 0 Å². The normalized spacial score (nSPS) is 13.9. The summed E-state index contributed by atoms with van der Waals surface area (Å²) in [4.78, 5) is 24.9. The van der Waals surface area contributed by atoms with Crippen LogP contribution in [0, 0.1) is 0 Å². The van der Waals surface area contributed by atoms with E-state index in [0.717, 1.165) is 5.56 Å². The van der Waals surface area contributed by atoms with Crippen LogP contribution in [0.15, 0.2) is 53.8 Å². The Balaban J connectivity index is 1.58. The van der Waals surface area contributed by atoms with Crippen molar-refractivity contribution < 1.29 is 19.4 Å². The van der Waals surface area contributed by atoms with E-state index in [1.807, 2.05) is 0 Å². The van der Waals surface area contributed by atoms with Gasteiger partial charge in [0, 0.05) is 19.7 Å². The summed E-state index contributed by atoms with van der Waals surface area (Å²) in [5.41, 5.74) is 0.907. The number of aliphatic hydroxyl groups is 1. The molecule has 140 valence electrons. The van der Waals surface area contributed by atoms with E-state index in [0.29, 0.717) is 21.5 Å². The minimum Gasteiger partial charge on any atom is -0.503 e. The van der Waals surface area contributed by atoms with Gasteiger partial charge in [-0.3, -0.25) is 9.59 Å². The zero-order valence-electron chi connectivity index (χ0n) is 14.3. The third-order valence-corrected chi connectivity index (χ3v) is 4.75. The lowest BCUT2D eigenvalue weighted by molar-refractivity contribution is -0.126. The highest BCUT2D eigenvalue weighted by Crippen LogP contribution is 2.29. The Hall–Kier alpha value is -2.70. The first kappa shape index (κ1) is 19.1. The third kappa shape index (κ3) is 4.35. The Labute approximate surface area is 165 Å². The van der Waals surface area contributed by atoms with E-state index in [4.69, 9.17) is 27.9 Å². The minimum absolute atomic E-state index is 0.0714. The van der Waals surface area contributed by atoms with Crippen LogP contribution >= 0.6 is 23.2 Å². The number of carbonyl (C=O) groups is 2. The number of nitrogens with one attached hydrogen (secondary N) is 1. The molecule has 2 aromatic carbocycles. The first-order chi connectivity index (χ1) is 12.8. The van der Waals surface area contributed by atoms with Crippen LogP contribution < -0.4 is 10.1 Å². The van der Waals surface area contributed by atoms with E-state index in [2.05, 4.69) is 5.32 Å². The van der Waals surface area contributed by atoms with Gasteiger partial charge in [0.05, 0.1) is 22.2 Å². The molecular formula is C19H16Cl2N2O4. The largest absolute Gasteiger partial charge is 0.503 e. The molecule has 0 saturated heterocycles. The van der Waals surface area contributed by atoms with Crippen LogP contribution in [0.4, 0.5) is 0 Å². The van der Waals surface area contributed by atoms with Gasteiger partial charge in [-0.2, -0.15) is 0 Å². The highest BCUT2D eigenvalue weighted by molar-refractivity contribution is 6.42. The van der Waals surface area contributed by atoms with Gasteiger partial charge in [0.15, 0.2) is 5.76 Å². The quantitative estimate of drug-likeness (QED) is 0.793. The number of hydrogen-bond donors (Lipinski definition) is 2. The van der Waals surface area contributed by atoms with E-state index >= 15 is 0 Å². The summed E-state index contributed by atoms with van der Waals surface area (Å²) in [6.07, 6.45) is 0. The fourth-order valence-electron chi connectivity index (χ4n) is 2.51. The van der Waals surface area contributed by atoms with Gasteiger partial charge in [0.1, 0.15) is 11.5 Å². The lowest BCUT2D eigenvalue weighted by Gasteiger charge is -2.09. The van der Waals surface area contributed by atoms with Crippen molar-refractivity contribution in [1.29, 1.82) is 0 Å². The molecule has 0 radical (unpaired) electrons. The van der Waals surface area contributed by atoms with Crippen LogP contribution in [0.2, 0.25) is 10.0 Å². The Bertz CT molecular complexity index is 926. The summed E-state index contributed by atoms with van der Waals surface area (Å²) in [5.74, 6) is -0.361. The zero-order chi connectivity index (χ0) is 19.6. The van der Waals surface area contributed by atoms with Crippen LogP contribution in [-0.4, -0.2) is 35.4 Å². The van der Waals surface area contributed by atoms with Gasteiger partial charge < -0.3 is 20.1 Å². The molecule has 6 nitrogen and oxygen atoms in total. The maximum Gasteiger partial charge on any atom is 0.289 e. The molecule has 0 unspecified atom stereocenters. The molecule has 2 amide bonds. The number of ether oxygens (including phenoxy) is 1. The third-order valence-electron chi connectivity index (χ3n) is 4.01. The van der Waals surface area contributed by atoms with Crippen molar-refractivity contribution in [2.24, 2.45) is 0 Å². The molecule has 0 fully saturated rings. The zero-order valence-corrected chi connectivity index (χ0v) is 15.8. The number of amides is 2. The van der Waals surface area contributed by atoms with Crippen molar-refractivity contribution >= 4 is 35.0 Å². The van der Waals surface area contributed by atoms with Crippen LogP contribution in [0.1, 0.15) is 5.56 Å². The van der Waals surface area contributed by atoms with Gasteiger partial charge in [0.25, 0.3) is 11.8 Å². The molecule has 2 N–H and O–H groups in total. The number of benzene rings is 2. The lowest BCUT2D eigenvalue weighted by Crippen LogP contribution is -2.27. The highest BCUT2D eigenvalue weighted by atomic mass is 35.5. The molecule has 2 aromatic rings. The van der Waals surface area contributed by atoms with Gasteiger partial charge in [0.2, 0.25) is 0 Å². The standard InChI is InChI=1S/C19H16Cl2N2O4/c1-23-10-14(17(24)19(23)26)18(25)22-9-11-2-4-12(5-3-11)27-13-6-7-15(20)16(21)8-13/h2-8,24H,9-10H2,1H3,(H,22,25). The van der Waals surface area contributed by atoms with Crippen molar-refractivity contribution in [2.75, 3.05) is 13.6 Å². The second-order valence-corrected chi connectivity index (χ2v) is 6.81. The van der Waals surface area contributed by atoms with Gasteiger partial charge in [-0.1, -0.05) is 35.3 Å². The number of nitrogens with zero attached hydrogens (tertiary/aromatic N) is 1. The molecule has 0 spiro atoms. The molecule has 0 aromatic heterocycles. The van der Waals surface area contributed by atoms with Crippen molar-refractivity contribution in [3.8, 4) is 11.5 Å². The fraction of sp³-hybridized carbons (Fsp3) is 0.158.